The summed E-state index contributed by atoms with van der Waals surface area (Å²) in [5.41, 5.74) is 11.6. The zero-order chi connectivity index (χ0) is 35.1. The highest BCUT2D eigenvalue weighted by atomic mass is 16.3. The molecule has 1 atom stereocenters. The predicted molar refractivity (Wildman–Crippen MR) is 219 cm³/mol. The number of amidine groups is 2. The van der Waals surface area contributed by atoms with E-state index in [0.717, 1.165) is 66.4 Å². The topological polar surface area (TPSA) is 49.9 Å². The fraction of sp³-hybridized carbons (Fsp3) is 0.0204. The Labute approximate surface area is 307 Å². The van der Waals surface area contributed by atoms with Crippen LogP contribution in [0.3, 0.4) is 0 Å². The first kappa shape index (κ1) is 30.8. The van der Waals surface area contributed by atoms with Gasteiger partial charge in [-0.2, -0.15) is 0 Å². The molecule has 0 radical (unpaired) electrons. The van der Waals surface area contributed by atoms with Crippen molar-refractivity contribution in [1.29, 1.82) is 0 Å². The van der Waals surface area contributed by atoms with Gasteiger partial charge < -0.3 is 9.73 Å². The summed E-state index contributed by atoms with van der Waals surface area (Å²) >= 11 is 0. The van der Waals surface area contributed by atoms with Gasteiger partial charge in [-0.15, -0.1) is 0 Å². The molecule has 10 rings (SSSR count). The van der Waals surface area contributed by atoms with E-state index in [1.807, 2.05) is 24.3 Å². The highest BCUT2D eigenvalue weighted by molar-refractivity contribution is 6.25. The Balaban J connectivity index is 1.15. The molecule has 0 saturated heterocycles. The Morgan fingerprint density at radius 1 is 0.396 bits per heavy atom. The Kier molecular flexibility index (Phi) is 7.51. The molecule has 0 saturated carbocycles. The van der Waals surface area contributed by atoms with Crippen molar-refractivity contribution in [2.75, 3.05) is 0 Å². The lowest BCUT2D eigenvalue weighted by atomic mass is 9.94. The molecule has 0 spiro atoms. The minimum Gasteiger partial charge on any atom is -0.456 e. The minimum absolute atomic E-state index is 0.343. The van der Waals surface area contributed by atoms with Crippen LogP contribution in [0.4, 0.5) is 0 Å². The van der Waals surface area contributed by atoms with Gasteiger partial charge in [-0.3, -0.25) is 0 Å². The maximum atomic E-state index is 6.56. The molecule has 9 aromatic rings. The third-order valence-electron chi connectivity index (χ3n) is 10.2. The first-order valence-electron chi connectivity index (χ1n) is 17.9. The Morgan fingerprint density at radius 3 is 1.60 bits per heavy atom. The summed E-state index contributed by atoms with van der Waals surface area (Å²) in [5.74, 6) is 1.44. The quantitative estimate of drug-likeness (QED) is 0.190. The summed E-state index contributed by atoms with van der Waals surface area (Å²) in [4.78, 5) is 10.6. The van der Waals surface area contributed by atoms with Crippen molar-refractivity contribution in [3.8, 4) is 33.4 Å². The fourth-order valence-electron chi connectivity index (χ4n) is 7.65. The Morgan fingerprint density at radius 2 is 0.906 bits per heavy atom. The van der Waals surface area contributed by atoms with E-state index in [2.05, 4.69) is 169 Å². The average Bonchev–Trinajstić information content (AvgIpc) is 3.63. The van der Waals surface area contributed by atoms with Crippen LogP contribution >= 0.6 is 0 Å². The SMILES string of the molecule is c1ccc(-c2ccc(-c3cccc4oc5cccc(C6=NC(c7ccc(-c8ccccc8)c8ccccc78)=NC(c7ccccc7)N6)c5c34)cc2)cc1. The van der Waals surface area contributed by atoms with Crippen LogP contribution in [0, 0.1) is 0 Å². The number of furan rings is 1. The smallest absolute Gasteiger partial charge is 0.160 e. The van der Waals surface area contributed by atoms with Crippen LogP contribution < -0.4 is 5.32 Å². The summed E-state index contributed by atoms with van der Waals surface area (Å²) in [7, 11) is 0. The van der Waals surface area contributed by atoms with Crippen LogP contribution in [0.5, 0.6) is 0 Å². The molecule has 0 aliphatic carbocycles. The van der Waals surface area contributed by atoms with Gasteiger partial charge in [-0.1, -0.05) is 170 Å². The number of hydrogen-bond acceptors (Lipinski definition) is 4. The van der Waals surface area contributed by atoms with Crippen molar-refractivity contribution in [2.45, 2.75) is 6.17 Å². The molecule has 1 aliphatic rings. The van der Waals surface area contributed by atoms with Gasteiger partial charge in [0.15, 0.2) is 5.84 Å². The van der Waals surface area contributed by atoms with E-state index >= 15 is 0 Å². The number of fused-ring (bicyclic) bond motifs is 4. The largest absolute Gasteiger partial charge is 0.456 e. The third kappa shape index (κ3) is 5.49. The van der Waals surface area contributed by atoms with E-state index in [0.29, 0.717) is 5.84 Å². The van der Waals surface area contributed by atoms with Gasteiger partial charge in [0.25, 0.3) is 0 Å². The lowest BCUT2D eigenvalue weighted by Crippen LogP contribution is -2.33. The standard InChI is InChI=1S/C49H33N3O/c1-4-14-32(15-5-1)33-26-28-35(29-27-33)38-22-12-24-43-45(38)46-42(23-13-25-44(46)53-43)49-51-47(36-18-8-3-9-19-36)50-48(52-49)41-31-30-37(34-16-6-2-7-17-34)39-20-10-11-21-40(39)41/h1-31,47H,(H,50,51,52). The highest BCUT2D eigenvalue weighted by Gasteiger charge is 2.25. The van der Waals surface area contributed by atoms with Crippen molar-refractivity contribution in [2.24, 2.45) is 9.98 Å². The highest BCUT2D eigenvalue weighted by Crippen LogP contribution is 2.40. The van der Waals surface area contributed by atoms with Crippen LogP contribution in [0.1, 0.15) is 22.9 Å². The molecule has 1 aliphatic heterocycles. The predicted octanol–water partition coefficient (Wildman–Crippen LogP) is 12.2. The van der Waals surface area contributed by atoms with E-state index in [1.54, 1.807) is 0 Å². The summed E-state index contributed by atoms with van der Waals surface area (Å²) in [6, 6.07) is 65.7. The zero-order valence-corrected chi connectivity index (χ0v) is 28.8. The number of hydrogen-bond donors (Lipinski definition) is 1. The molecular weight excluding hydrogens is 647 g/mol. The van der Waals surface area contributed by atoms with Crippen LogP contribution in [0.15, 0.2) is 202 Å². The second-order valence-corrected chi connectivity index (χ2v) is 13.3. The molecule has 0 amide bonds. The van der Waals surface area contributed by atoms with Crippen molar-refractivity contribution in [1.82, 2.24) is 5.32 Å². The number of aliphatic imine (C=N–C) groups is 2. The van der Waals surface area contributed by atoms with E-state index < -0.39 is 0 Å². The lowest BCUT2D eigenvalue weighted by Gasteiger charge is -2.24. The summed E-state index contributed by atoms with van der Waals surface area (Å²) in [6.45, 7) is 0. The maximum Gasteiger partial charge on any atom is 0.160 e. The Bertz CT molecular complexity index is 2840. The van der Waals surface area contributed by atoms with E-state index in [4.69, 9.17) is 14.4 Å². The molecule has 53 heavy (non-hydrogen) atoms. The first-order valence-corrected chi connectivity index (χ1v) is 17.9. The van der Waals surface area contributed by atoms with E-state index in [9.17, 15) is 0 Å². The number of benzene rings is 8. The molecule has 4 nitrogen and oxygen atoms in total. The monoisotopic (exact) mass is 679 g/mol. The number of rotatable bonds is 6. The van der Waals surface area contributed by atoms with E-state index in [1.165, 1.54) is 22.3 Å². The molecule has 250 valence electrons. The molecule has 0 fully saturated rings. The second-order valence-electron chi connectivity index (χ2n) is 13.3. The van der Waals surface area contributed by atoms with Crippen molar-refractivity contribution in [3.63, 3.8) is 0 Å². The third-order valence-corrected chi connectivity index (χ3v) is 10.2. The van der Waals surface area contributed by atoms with E-state index in [-0.39, 0.29) is 6.17 Å². The van der Waals surface area contributed by atoms with Gasteiger partial charge in [-0.25, -0.2) is 9.98 Å². The maximum absolute atomic E-state index is 6.56. The number of nitrogens with zero attached hydrogens (tertiary/aromatic N) is 2. The summed E-state index contributed by atoms with van der Waals surface area (Å²) in [5, 5.41) is 8.08. The molecular formula is C49H33N3O. The lowest BCUT2D eigenvalue weighted by molar-refractivity contribution is 0.668. The molecule has 1 N–H and O–H groups in total. The van der Waals surface area contributed by atoms with Gasteiger partial charge >= 0.3 is 0 Å². The molecule has 4 heteroatoms. The van der Waals surface area contributed by atoms with Gasteiger partial charge in [0.05, 0.1) is 0 Å². The van der Waals surface area contributed by atoms with Crippen LogP contribution in [0.2, 0.25) is 0 Å². The second kappa shape index (κ2) is 12.9. The normalized spacial score (nSPS) is 14.2. The molecule has 1 unspecified atom stereocenters. The molecule has 0 bridgehead atoms. The average molecular weight is 680 g/mol. The van der Waals surface area contributed by atoms with Gasteiger partial charge in [-0.05, 0) is 67.9 Å². The van der Waals surface area contributed by atoms with Crippen molar-refractivity contribution < 1.29 is 4.42 Å². The summed E-state index contributed by atoms with van der Waals surface area (Å²) in [6.07, 6.45) is -0.343. The van der Waals surface area contributed by atoms with Crippen LogP contribution in [0.25, 0.3) is 66.1 Å². The molecule has 1 aromatic heterocycles. The van der Waals surface area contributed by atoms with Crippen LogP contribution in [-0.2, 0) is 0 Å². The summed E-state index contributed by atoms with van der Waals surface area (Å²) < 4.78 is 6.56. The number of nitrogens with one attached hydrogen (secondary N) is 1. The van der Waals surface area contributed by atoms with Crippen molar-refractivity contribution in [3.05, 3.63) is 205 Å². The van der Waals surface area contributed by atoms with Crippen molar-refractivity contribution >= 4 is 44.4 Å². The van der Waals surface area contributed by atoms with Crippen LogP contribution in [-0.4, -0.2) is 11.7 Å². The first-order chi connectivity index (χ1) is 26.3. The Hall–Kier alpha value is -7.04. The fourth-order valence-corrected chi connectivity index (χ4v) is 7.65. The van der Waals surface area contributed by atoms with Gasteiger partial charge in [0, 0.05) is 21.9 Å². The zero-order valence-electron chi connectivity index (χ0n) is 28.8. The molecule has 2 heterocycles. The van der Waals surface area contributed by atoms with Gasteiger partial charge in [0.2, 0.25) is 0 Å². The minimum atomic E-state index is -0.343. The van der Waals surface area contributed by atoms with Gasteiger partial charge in [0.1, 0.15) is 23.2 Å². The molecule has 8 aromatic carbocycles.